The lowest BCUT2D eigenvalue weighted by molar-refractivity contribution is 0.0186. The molecule has 168 valence electrons. The van der Waals surface area contributed by atoms with E-state index in [0.29, 0.717) is 5.56 Å². The van der Waals surface area contributed by atoms with Gasteiger partial charge in [0.15, 0.2) is 0 Å². The molecule has 7 heteroatoms. The Balaban J connectivity index is 1.19. The fourth-order valence-corrected chi connectivity index (χ4v) is 4.52. The van der Waals surface area contributed by atoms with Gasteiger partial charge in [-0.1, -0.05) is 60.7 Å². The van der Waals surface area contributed by atoms with Crippen LogP contribution in [0.1, 0.15) is 28.7 Å². The lowest BCUT2D eigenvalue weighted by Crippen LogP contribution is -2.36. The number of benzene rings is 3. The Hall–Kier alpha value is -3.68. The van der Waals surface area contributed by atoms with E-state index in [9.17, 15) is 15.0 Å². The summed E-state index contributed by atoms with van der Waals surface area (Å²) in [4.78, 5) is 12.3. The average Bonchev–Trinajstić information content (AvgIpc) is 3.38. The number of rotatable bonds is 6. The molecule has 2 unspecified atom stereocenters. The first-order chi connectivity index (χ1) is 16.0. The minimum atomic E-state index is -1.18. The number of nitrogens with zero attached hydrogens (tertiary/aromatic N) is 2. The smallest absolute Gasteiger partial charge is 0.407 e. The molecule has 4 aromatic rings. The highest BCUT2D eigenvalue weighted by Gasteiger charge is 2.29. The minimum Gasteiger partial charge on any atom is -0.449 e. The molecule has 0 aliphatic heterocycles. The maximum Gasteiger partial charge on any atom is 0.407 e. The molecule has 0 radical (unpaired) electrons. The summed E-state index contributed by atoms with van der Waals surface area (Å²) < 4.78 is 7.19. The first-order valence-electron chi connectivity index (χ1n) is 10.9. The Morgan fingerprint density at radius 2 is 1.73 bits per heavy atom. The molecule has 1 amide bonds. The summed E-state index contributed by atoms with van der Waals surface area (Å²) in [7, 11) is 1.81. The van der Waals surface area contributed by atoms with Crippen molar-refractivity contribution in [2.75, 3.05) is 13.2 Å². The molecule has 3 N–H and O–H groups in total. The van der Waals surface area contributed by atoms with Gasteiger partial charge < -0.3 is 20.3 Å². The molecule has 33 heavy (non-hydrogen) atoms. The van der Waals surface area contributed by atoms with Crippen LogP contribution < -0.4 is 5.32 Å². The fourth-order valence-electron chi connectivity index (χ4n) is 4.52. The highest BCUT2D eigenvalue weighted by Crippen LogP contribution is 2.44. The highest BCUT2D eigenvalue weighted by atomic mass is 16.5. The van der Waals surface area contributed by atoms with E-state index in [1.807, 2.05) is 37.4 Å². The lowest BCUT2D eigenvalue weighted by Gasteiger charge is -2.19. The topological polar surface area (TPSA) is 96.6 Å². The second-order valence-corrected chi connectivity index (χ2v) is 8.31. The summed E-state index contributed by atoms with van der Waals surface area (Å²) in [5.41, 5.74) is 5.98. The van der Waals surface area contributed by atoms with Crippen LogP contribution in [0.4, 0.5) is 4.79 Å². The number of alkyl carbamates (subject to hydrolysis) is 1. The van der Waals surface area contributed by atoms with E-state index in [1.54, 1.807) is 23.0 Å². The van der Waals surface area contributed by atoms with Crippen LogP contribution in [-0.2, 0) is 11.8 Å². The van der Waals surface area contributed by atoms with Crippen LogP contribution in [0, 0.1) is 0 Å². The molecule has 2 atom stereocenters. The van der Waals surface area contributed by atoms with Gasteiger partial charge in [0.2, 0.25) is 0 Å². The summed E-state index contributed by atoms with van der Waals surface area (Å²) in [6.07, 6.45) is -1.24. The number of aryl methyl sites for hydroxylation is 1. The number of hydrogen-bond donors (Lipinski definition) is 3. The van der Waals surface area contributed by atoms with Crippen LogP contribution in [-0.4, -0.2) is 45.3 Å². The SMILES string of the molecule is Cn1ncc2ccc(C(O)C(O)CNC(=O)OCC3c4ccccc4-c4ccccc43)cc21. The number of hydrogen-bond acceptors (Lipinski definition) is 5. The number of aromatic nitrogens is 2. The Kier molecular flexibility index (Phi) is 5.58. The third kappa shape index (κ3) is 3.97. The summed E-state index contributed by atoms with van der Waals surface area (Å²) in [6, 6.07) is 21.6. The van der Waals surface area contributed by atoms with Crippen LogP contribution in [0.3, 0.4) is 0 Å². The van der Waals surface area contributed by atoms with Crippen molar-refractivity contribution in [1.82, 2.24) is 15.1 Å². The molecule has 1 heterocycles. The zero-order chi connectivity index (χ0) is 22.9. The van der Waals surface area contributed by atoms with Gasteiger partial charge in [0.25, 0.3) is 0 Å². The quantitative estimate of drug-likeness (QED) is 0.424. The maximum absolute atomic E-state index is 12.3. The van der Waals surface area contributed by atoms with Crippen LogP contribution in [0.2, 0.25) is 0 Å². The van der Waals surface area contributed by atoms with Gasteiger partial charge in [-0.05, 0) is 33.9 Å². The van der Waals surface area contributed by atoms with Gasteiger partial charge in [0, 0.05) is 24.9 Å². The molecular weight excluding hydrogens is 418 g/mol. The normalized spacial score (nSPS) is 14.5. The van der Waals surface area contributed by atoms with E-state index in [-0.39, 0.29) is 19.1 Å². The number of ether oxygens (including phenoxy) is 1. The summed E-state index contributed by atoms with van der Waals surface area (Å²) >= 11 is 0. The molecule has 5 rings (SSSR count). The number of fused-ring (bicyclic) bond motifs is 4. The van der Waals surface area contributed by atoms with Gasteiger partial charge in [-0.3, -0.25) is 4.68 Å². The average molecular weight is 444 g/mol. The van der Waals surface area contributed by atoms with Gasteiger partial charge >= 0.3 is 6.09 Å². The summed E-state index contributed by atoms with van der Waals surface area (Å²) in [5, 5.41) is 28.6. The van der Waals surface area contributed by atoms with Crippen LogP contribution in [0.25, 0.3) is 22.0 Å². The van der Waals surface area contributed by atoms with E-state index in [1.165, 1.54) is 0 Å². The Morgan fingerprint density at radius 3 is 2.42 bits per heavy atom. The van der Waals surface area contributed by atoms with Crippen molar-refractivity contribution >= 4 is 17.0 Å². The number of carbonyl (C=O) groups excluding carboxylic acids is 1. The van der Waals surface area contributed by atoms with Crippen molar-refractivity contribution in [3.63, 3.8) is 0 Å². The Morgan fingerprint density at radius 1 is 1.06 bits per heavy atom. The maximum atomic E-state index is 12.3. The molecule has 0 saturated heterocycles. The van der Waals surface area contributed by atoms with Gasteiger partial charge in [0.1, 0.15) is 18.8 Å². The van der Waals surface area contributed by atoms with Crippen LogP contribution in [0.5, 0.6) is 0 Å². The molecule has 1 aromatic heterocycles. The van der Waals surface area contributed by atoms with Crippen molar-refractivity contribution in [2.24, 2.45) is 7.05 Å². The third-order valence-electron chi connectivity index (χ3n) is 6.28. The van der Waals surface area contributed by atoms with Crippen LogP contribution >= 0.6 is 0 Å². The number of aliphatic hydroxyl groups excluding tert-OH is 2. The zero-order valence-electron chi connectivity index (χ0n) is 18.2. The third-order valence-corrected chi connectivity index (χ3v) is 6.28. The van der Waals surface area contributed by atoms with E-state index >= 15 is 0 Å². The second-order valence-electron chi connectivity index (χ2n) is 8.31. The molecule has 0 saturated carbocycles. The first-order valence-corrected chi connectivity index (χ1v) is 10.9. The van der Waals surface area contributed by atoms with Crippen molar-refractivity contribution < 1.29 is 19.7 Å². The van der Waals surface area contributed by atoms with Crippen molar-refractivity contribution in [3.8, 4) is 11.1 Å². The molecule has 0 bridgehead atoms. The van der Waals surface area contributed by atoms with Crippen LogP contribution in [0.15, 0.2) is 72.9 Å². The lowest BCUT2D eigenvalue weighted by atomic mass is 9.98. The molecular formula is C26H25N3O4. The number of amides is 1. The van der Waals surface area contributed by atoms with Gasteiger partial charge in [0.05, 0.1) is 11.7 Å². The second kappa shape index (κ2) is 8.69. The molecule has 7 nitrogen and oxygen atoms in total. The number of aliphatic hydroxyl groups is 2. The monoisotopic (exact) mass is 443 g/mol. The standard InChI is InChI=1S/C26H25N3O4/c1-29-23-12-16(10-11-17(23)13-28-29)25(31)24(30)14-27-26(32)33-15-22-20-8-4-2-6-18(20)19-7-3-5-9-21(19)22/h2-13,22,24-25,30-31H,14-15H2,1H3,(H,27,32). The van der Waals surface area contributed by atoms with Crippen molar-refractivity contribution in [1.29, 1.82) is 0 Å². The summed E-state index contributed by atoms with van der Waals surface area (Å²) in [6.45, 7) is 0.0525. The minimum absolute atomic E-state index is 0.0377. The Bertz CT molecular complexity index is 1270. The molecule has 1 aliphatic carbocycles. The molecule has 3 aromatic carbocycles. The number of nitrogens with one attached hydrogen (secondary N) is 1. The molecule has 0 spiro atoms. The molecule has 0 fully saturated rings. The van der Waals surface area contributed by atoms with Gasteiger partial charge in [-0.15, -0.1) is 0 Å². The van der Waals surface area contributed by atoms with E-state index in [0.717, 1.165) is 33.2 Å². The largest absolute Gasteiger partial charge is 0.449 e. The predicted molar refractivity (Wildman–Crippen MR) is 125 cm³/mol. The highest BCUT2D eigenvalue weighted by molar-refractivity contribution is 5.80. The van der Waals surface area contributed by atoms with E-state index in [2.05, 4.69) is 34.7 Å². The van der Waals surface area contributed by atoms with E-state index in [4.69, 9.17) is 4.74 Å². The van der Waals surface area contributed by atoms with Gasteiger partial charge in [-0.2, -0.15) is 5.10 Å². The van der Waals surface area contributed by atoms with Crippen molar-refractivity contribution in [3.05, 3.63) is 89.6 Å². The Labute approximate surface area is 191 Å². The number of carbonyl (C=O) groups is 1. The zero-order valence-corrected chi connectivity index (χ0v) is 18.2. The molecule has 1 aliphatic rings. The predicted octanol–water partition coefficient (Wildman–Crippen LogP) is 3.51. The first kappa shape index (κ1) is 21.2. The fraction of sp³-hybridized carbons (Fsp3) is 0.231. The van der Waals surface area contributed by atoms with Crippen molar-refractivity contribution in [2.45, 2.75) is 18.1 Å². The summed E-state index contributed by atoms with van der Waals surface area (Å²) in [5.74, 6) is -0.0377. The van der Waals surface area contributed by atoms with E-state index < -0.39 is 18.3 Å². The van der Waals surface area contributed by atoms with Gasteiger partial charge in [-0.25, -0.2) is 4.79 Å².